The third-order valence-electron chi connectivity index (χ3n) is 10.3. The van der Waals surface area contributed by atoms with Crippen LogP contribution in [-0.2, 0) is 0 Å². The molecule has 0 aliphatic heterocycles. The van der Waals surface area contributed by atoms with Crippen molar-refractivity contribution in [3.8, 4) is 11.5 Å². The molecule has 0 saturated carbocycles. The molecule has 0 unspecified atom stereocenters. The molecule has 4 rings (SSSR count). The SMILES string of the molecule is CC(/C=C(/C)[N-]c1c(C(C)C)cccc1C(C)C)=Nc1c(C(C)C)cccc1C(C)C.CC(C)c1cccc(C(C)C)c1[O-].CC(C)c1cccc(C(C)C)c1[O-].[U+3]. The molecule has 0 fully saturated rings. The second kappa shape index (κ2) is 24.7. The number of allylic oxidation sites excluding steroid dienone is 2. The van der Waals surface area contributed by atoms with Crippen molar-refractivity contribution in [1.29, 1.82) is 0 Å². The fraction of sp³-hybridized carbons (Fsp3) is 0.491. The quantitative estimate of drug-likeness (QED) is 0.133. The Morgan fingerprint density at radius 2 is 0.672 bits per heavy atom. The smallest absolute Gasteiger partial charge is 0.872 e. The van der Waals surface area contributed by atoms with E-state index in [4.69, 9.17) is 10.3 Å². The van der Waals surface area contributed by atoms with Crippen molar-refractivity contribution in [2.45, 2.75) is 172 Å². The van der Waals surface area contributed by atoms with Crippen molar-refractivity contribution in [1.82, 2.24) is 0 Å². The topological polar surface area (TPSA) is 72.6 Å². The molecule has 0 aliphatic carbocycles. The summed E-state index contributed by atoms with van der Waals surface area (Å²) in [7, 11) is 0. The van der Waals surface area contributed by atoms with Gasteiger partial charge in [0.1, 0.15) is 0 Å². The van der Waals surface area contributed by atoms with Crippen LogP contribution in [0.5, 0.6) is 11.5 Å². The van der Waals surface area contributed by atoms with E-state index in [0.717, 1.165) is 45.0 Å². The van der Waals surface area contributed by atoms with Crippen molar-refractivity contribution in [2.24, 2.45) is 4.99 Å². The first-order chi connectivity index (χ1) is 26.6. The van der Waals surface area contributed by atoms with E-state index in [1.54, 1.807) is 0 Å². The first kappa shape index (κ1) is 52.8. The normalized spacial score (nSPS) is 12.0. The molecule has 313 valence electrons. The third kappa shape index (κ3) is 15.1. The molecule has 0 spiro atoms. The van der Waals surface area contributed by atoms with Crippen molar-refractivity contribution in [2.75, 3.05) is 0 Å². The van der Waals surface area contributed by atoms with Crippen LogP contribution in [0.25, 0.3) is 5.32 Å². The summed E-state index contributed by atoms with van der Waals surface area (Å²) in [4.78, 5) is 5.08. The standard InChI is InChI=1S/C29H41N2.2C12H18O.U/c1-18(2)24-13-11-14-25(19(3)4)28(24)30-22(9)17-23(10)31-29-26(20(5)6)15-12-16-27(29)21(7)8;2*1-8(2)10-6-5-7-11(9(3)4)12(10)13;/h11-21H,1-10H3;2*5-9,13H,1-4H3;/q-1;;;+3/p-2/b22-17-,31-23?;;;. The zero-order chi connectivity index (χ0) is 43.3. The van der Waals surface area contributed by atoms with E-state index in [2.05, 4.69) is 167 Å². The second-order valence-corrected chi connectivity index (χ2v) is 18.0. The Bertz CT molecular complexity index is 1760. The summed E-state index contributed by atoms with van der Waals surface area (Å²) < 4.78 is 0. The number of para-hydroxylation sites is 4. The van der Waals surface area contributed by atoms with E-state index in [1.165, 1.54) is 22.3 Å². The summed E-state index contributed by atoms with van der Waals surface area (Å²) in [6.45, 7) is 38.5. The van der Waals surface area contributed by atoms with E-state index < -0.39 is 0 Å². The Kier molecular flexibility index (Phi) is 22.5. The molecule has 4 aromatic carbocycles. The molecule has 0 heterocycles. The van der Waals surface area contributed by atoms with Crippen LogP contribution in [0.2, 0.25) is 0 Å². The van der Waals surface area contributed by atoms with Gasteiger partial charge in [-0.15, -0.1) is 17.2 Å². The largest absolute Gasteiger partial charge is 3.00 e. The molecular weight excluding hydrogens is 935 g/mol. The third-order valence-corrected chi connectivity index (χ3v) is 10.3. The summed E-state index contributed by atoms with van der Waals surface area (Å²) in [5, 5.41) is 28.8. The molecule has 0 N–H and O–H groups in total. The molecule has 0 atom stereocenters. The van der Waals surface area contributed by atoms with Crippen molar-refractivity contribution in [3.05, 3.63) is 134 Å². The maximum absolute atomic E-state index is 11.9. The number of benzene rings is 4. The van der Waals surface area contributed by atoms with Gasteiger partial charge in [0.15, 0.2) is 0 Å². The van der Waals surface area contributed by atoms with Crippen LogP contribution < -0.4 is 10.2 Å². The molecule has 0 amide bonds. The Balaban J connectivity index is 0.000000511. The van der Waals surface area contributed by atoms with Gasteiger partial charge in [0.05, 0.1) is 5.69 Å². The molecule has 0 aromatic heterocycles. The monoisotopic (exact) mass is 1010 g/mol. The van der Waals surface area contributed by atoms with Crippen LogP contribution in [0.3, 0.4) is 0 Å². The van der Waals surface area contributed by atoms with Crippen LogP contribution in [0, 0.1) is 31.1 Å². The Morgan fingerprint density at radius 3 is 0.931 bits per heavy atom. The maximum Gasteiger partial charge on any atom is 3.00 e. The van der Waals surface area contributed by atoms with E-state index in [9.17, 15) is 10.2 Å². The fourth-order valence-electron chi connectivity index (χ4n) is 6.97. The average Bonchev–Trinajstić information content (AvgIpc) is 3.11. The zero-order valence-electron chi connectivity index (χ0n) is 39.3. The van der Waals surface area contributed by atoms with Gasteiger partial charge in [-0.2, -0.15) is 5.70 Å². The van der Waals surface area contributed by atoms with Gasteiger partial charge in [0.2, 0.25) is 0 Å². The van der Waals surface area contributed by atoms with Gasteiger partial charge in [-0.1, -0.05) is 230 Å². The second-order valence-electron chi connectivity index (χ2n) is 18.0. The summed E-state index contributed by atoms with van der Waals surface area (Å²) in [5.41, 5.74) is 13.2. The van der Waals surface area contributed by atoms with Crippen molar-refractivity contribution in [3.63, 3.8) is 0 Å². The minimum absolute atomic E-state index is 0. The zero-order valence-corrected chi connectivity index (χ0v) is 43.5. The number of hydrogen-bond donors (Lipinski definition) is 0. The van der Waals surface area contributed by atoms with Gasteiger partial charge in [0, 0.05) is 5.71 Å². The summed E-state index contributed by atoms with van der Waals surface area (Å²) in [5.74, 6) is 3.51. The minimum atomic E-state index is 0. The van der Waals surface area contributed by atoms with E-state index in [-0.39, 0.29) is 42.6 Å². The van der Waals surface area contributed by atoms with Gasteiger partial charge < -0.3 is 15.5 Å². The van der Waals surface area contributed by atoms with Crippen molar-refractivity contribution >= 4 is 17.1 Å². The number of hydrogen-bond acceptors (Lipinski definition) is 3. The molecule has 0 bridgehead atoms. The molecule has 0 aliphatic rings. The minimum Gasteiger partial charge on any atom is -0.872 e. The van der Waals surface area contributed by atoms with Gasteiger partial charge in [-0.05, 0) is 65.4 Å². The van der Waals surface area contributed by atoms with E-state index in [0.29, 0.717) is 47.3 Å². The van der Waals surface area contributed by atoms with Crippen LogP contribution in [-0.4, -0.2) is 5.71 Å². The van der Waals surface area contributed by atoms with Crippen LogP contribution >= 0.6 is 0 Å². The van der Waals surface area contributed by atoms with Crippen LogP contribution in [0.15, 0.2) is 89.6 Å². The molecule has 5 heteroatoms. The van der Waals surface area contributed by atoms with Crippen molar-refractivity contribution < 1.29 is 41.3 Å². The maximum atomic E-state index is 11.9. The molecule has 4 nitrogen and oxygen atoms in total. The van der Waals surface area contributed by atoms with Gasteiger partial charge in [0.25, 0.3) is 0 Å². The number of rotatable bonds is 12. The summed E-state index contributed by atoms with van der Waals surface area (Å²) >= 11 is 0. The molecule has 4 aromatic rings. The Hall–Kier alpha value is -3.26. The number of aliphatic imine (C=N–C) groups is 1. The Morgan fingerprint density at radius 1 is 0.431 bits per heavy atom. The summed E-state index contributed by atoms with van der Waals surface area (Å²) in [6.07, 6.45) is 2.11. The van der Waals surface area contributed by atoms with Crippen LogP contribution in [0.1, 0.15) is 216 Å². The molecule has 0 saturated heterocycles. The molecular formula is C53H75N2O2U. The fourth-order valence-corrected chi connectivity index (χ4v) is 6.97. The van der Waals surface area contributed by atoms with Gasteiger partial charge in [-0.3, -0.25) is 4.99 Å². The number of nitrogens with zero attached hydrogens (tertiary/aromatic N) is 2. The predicted octanol–water partition coefficient (Wildman–Crippen LogP) is 15.9. The molecule has 58 heavy (non-hydrogen) atoms. The Labute approximate surface area is 378 Å². The first-order valence-corrected chi connectivity index (χ1v) is 21.4. The summed E-state index contributed by atoms with van der Waals surface area (Å²) in [6, 6.07) is 24.8. The van der Waals surface area contributed by atoms with E-state index >= 15 is 0 Å². The van der Waals surface area contributed by atoms with Crippen LogP contribution in [0.4, 0.5) is 11.4 Å². The van der Waals surface area contributed by atoms with Gasteiger partial charge in [-0.25, -0.2) is 0 Å². The van der Waals surface area contributed by atoms with E-state index in [1.807, 2.05) is 36.4 Å². The predicted molar refractivity (Wildman–Crippen MR) is 247 cm³/mol. The first-order valence-electron chi connectivity index (χ1n) is 21.4. The average molecular weight is 1010 g/mol. The van der Waals surface area contributed by atoms with Gasteiger partial charge >= 0.3 is 31.1 Å². The molecule has 1 radical (unpaired) electrons.